The van der Waals surface area contributed by atoms with Crippen LogP contribution in [0.2, 0.25) is 0 Å². The SMILES string of the molecule is N[C@H]1CC[C@H](Nc2cc(N[C@H]3C[C@H](CO)C3)c3ncc(C(=O)Nc4ccncc4F)n3n2)CC1. The summed E-state index contributed by atoms with van der Waals surface area (Å²) in [6, 6.07) is 4.00. The highest BCUT2D eigenvalue weighted by atomic mass is 19.1. The lowest BCUT2D eigenvalue weighted by atomic mass is 9.81. The maximum absolute atomic E-state index is 14.0. The molecule has 34 heavy (non-hydrogen) atoms. The zero-order chi connectivity index (χ0) is 23.7. The van der Waals surface area contributed by atoms with Crippen molar-refractivity contribution in [3.8, 4) is 0 Å². The van der Waals surface area contributed by atoms with Gasteiger partial charge >= 0.3 is 0 Å². The van der Waals surface area contributed by atoms with E-state index in [4.69, 9.17) is 5.73 Å². The van der Waals surface area contributed by atoms with Crippen LogP contribution in [0.5, 0.6) is 0 Å². The van der Waals surface area contributed by atoms with Crippen molar-refractivity contribution in [2.75, 3.05) is 22.6 Å². The van der Waals surface area contributed by atoms with Gasteiger partial charge in [0.25, 0.3) is 5.91 Å². The lowest BCUT2D eigenvalue weighted by Crippen LogP contribution is -2.37. The number of nitrogens with two attached hydrogens (primary N) is 1. The number of carbonyl (C=O) groups excluding carboxylic acids is 1. The number of halogens is 1. The first-order chi connectivity index (χ1) is 16.5. The molecule has 11 heteroatoms. The van der Waals surface area contributed by atoms with Crippen LogP contribution < -0.4 is 21.7 Å². The summed E-state index contributed by atoms with van der Waals surface area (Å²) >= 11 is 0. The first-order valence-corrected chi connectivity index (χ1v) is 11.7. The van der Waals surface area contributed by atoms with Gasteiger partial charge in [-0.25, -0.2) is 13.9 Å². The highest BCUT2D eigenvalue weighted by Crippen LogP contribution is 2.32. The van der Waals surface area contributed by atoms with Crippen molar-refractivity contribution >= 4 is 28.7 Å². The van der Waals surface area contributed by atoms with E-state index < -0.39 is 11.7 Å². The van der Waals surface area contributed by atoms with Gasteiger partial charge in [-0.3, -0.25) is 9.78 Å². The first kappa shape index (κ1) is 22.5. The van der Waals surface area contributed by atoms with Crippen molar-refractivity contribution in [3.05, 3.63) is 42.2 Å². The number of nitrogens with zero attached hydrogens (tertiary/aromatic N) is 4. The van der Waals surface area contributed by atoms with Crippen LogP contribution in [0.1, 0.15) is 49.0 Å². The van der Waals surface area contributed by atoms with Gasteiger partial charge in [-0.1, -0.05) is 0 Å². The Hall–Kier alpha value is -3.31. The minimum Gasteiger partial charge on any atom is -0.396 e. The fraction of sp³-hybridized carbons (Fsp3) is 0.478. The number of nitrogens with one attached hydrogen (secondary N) is 3. The maximum Gasteiger partial charge on any atom is 0.276 e. The topological polar surface area (TPSA) is 142 Å². The van der Waals surface area contributed by atoms with Crippen LogP contribution in [0, 0.1) is 11.7 Å². The number of aliphatic hydroxyl groups excluding tert-OH is 1. The molecule has 2 aliphatic rings. The van der Waals surface area contributed by atoms with Gasteiger partial charge in [-0.15, -0.1) is 5.10 Å². The Balaban J connectivity index is 1.44. The van der Waals surface area contributed by atoms with E-state index in [-0.39, 0.29) is 36.1 Å². The molecule has 0 atom stereocenters. The third-order valence-corrected chi connectivity index (χ3v) is 6.70. The van der Waals surface area contributed by atoms with Crippen molar-refractivity contribution in [3.63, 3.8) is 0 Å². The predicted molar refractivity (Wildman–Crippen MR) is 126 cm³/mol. The van der Waals surface area contributed by atoms with Crippen LogP contribution in [0.4, 0.5) is 21.6 Å². The van der Waals surface area contributed by atoms with Crippen molar-refractivity contribution in [1.29, 1.82) is 0 Å². The molecule has 3 heterocycles. The smallest absolute Gasteiger partial charge is 0.276 e. The second-order valence-corrected chi connectivity index (χ2v) is 9.25. The molecule has 6 N–H and O–H groups in total. The fourth-order valence-electron chi connectivity index (χ4n) is 4.66. The number of fused-ring (bicyclic) bond motifs is 1. The molecule has 0 aliphatic heterocycles. The number of hydrogen-bond acceptors (Lipinski definition) is 8. The summed E-state index contributed by atoms with van der Waals surface area (Å²) in [7, 11) is 0. The number of aromatic nitrogens is 4. The van der Waals surface area contributed by atoms with Gasteiger partial charge in [-0.2, -0.15) is 0 Å². The normalized spacial score (nSPS) is 24.4. The summed E-state index contributed by atoms with van der Waals surface area (Å²) in [6.07, 6.45) is 9.41. The molecule has 2 saturated carbocycles. The molecule has 0 radical (unpaired) electrons. The van der Waals surface area contributed by atoms with Crippen LogP contribution >= 0.6 is 0 Å². The standard InChI is InChI=1S/C23H29FN8O2/c24-17-10-26-6-5-18(17)30-23(34)20-11-27-22-19(28-16-7-13(8-16)12-33)9-21(31-32(20)22)29-15-3-1-14(25)2-4-15/h5-6,9-11,13-16,28,33H,1-4,7-8,12,25H2,(H,29,31)(H,26,30,34)/t13-,14-,15-,16-. The molecule has 2 aliphatic carbocycles. The van der Waals surface area contributed by atoms with Crippen LogP contribution in [-0.2, 0) is 0 Å². The van der Waals surface area contributed by atoms with Crippen LogP contribution in [-0.4, -0.2) is 55.3 Å². The van der Waals surface area contributed by atoms with E-state index >= 15 is 0 Å². The van der Waals surface area contributed by atoms with E-state index in [1.54, 1.807) is 0 Å². The van der Waals surface area contributed by atoms with E-state index in [0.29, 0.717) is 17.4 Å². The Morgan fingerprint density at radius 3 is 2.68 bits per heavy atom. The second-order valence-electron chi connectivity index (χ2n) is 9.25. The molecule has 10 nitrogen and oxygen atoms in total. The fourth-order valence-corrected chi connectivity index (χ4v) is 4.66. The number of rotatable bonds is 7. The summed E-state index contributed by atoms with van der Waals surface area (Å²) in [6.45, 7) is 0.180. The number of carbonyl (C=O) groups is 1. The van der Waals surface area contributed by atoms with Crippen molar-refractivity contribution in [2.45, 2.75) is 56.7 Å². The second kappa shape index (κ2) is 9.51. The molecule has 0 saturated heterocycles. The molecule has 5 rings (SSSR count). The summed E-state index contributed by atoms with van der Waals surface area (Å²) < 4.78 is 15.5. The molecule has 1 amide bonds. The van der Waals surface area contributed by atoms with Gasteiger partial charge in [0.15, 0.2) is 17.2 Å². The number of anilines is 3. The quantitative estimate of drug-likeness (QED) is 0.356. The number of amides is 1. The van der Waals surface area contributed by atoms with E-state index in [0.717, 1.165) is 50.4 Å². The summed E-state index contributed by atoms with van der Waals surface area (Å²) in [5.41, 5.74) is 7.52. The van der Waals surface area contributed by atoms with Gasteiger partial charge < -0.3 is 26.8 Å². The zero-order valence-corrected chi connectivity index (χ0v) is 18.7. The van der Waals surface area contributed by atoms with E-state index in [1.807, 2.05) is 6.07 Å². The molecule has 2 fully saturated rings. The number of pyridine rings is 1. The Bertz CT molecular complexity index is 1170. The summed E-state index contributed by atoms with van der Waals surface area (Å²) in [5.74, 6) is -0.228. The van der Waals surface area contributed by atoms with Gasteiger partial charge in [0.1, 0.15) is 5.82 Å². The molecular weight excluding hydrogens is 439 g/mol. The average Bonchev–Trinajstić information content (AvgIpc) is 3.23. The van der Waals surface area contributed by atoms with E-state index in [2.05, 4.69) is 31.0 Å². The highest BCUT2D eigenvalue weighted by molar-refractivity contribution is 6.03. The van der Waals surface area contributed by atoms with E-state index in [9.17, 15) is 14.3 Å². The Morgan fingerprint density at radius 2 is 1.94 bits per heavy atom. The lowest BCUT2D eigenvalue weighted by Gasteiger charge is -2.35. The lowest BCUT2D eigenvalue weighted by molar-refractivity contribution is 0.102. The largest absolute Gasteiger partial charge is 0.396 e. The van der Waals surface area contributed by atoms with Crippen molar-refractivity contribution < 1.29 is 14.3 Å². The molecule has 180 valence electrons. The monoisotopic (exact) mass is 468 g/mol. The maximum atomic E-state index is 14.0. The van der Waals surface area contributed by atoms with Gasteiger partial charge in [0, 0.05) is 37.0 Å². The Labute approximate surface area is 196 Å². The number of imidazole rings is 1. The first-order valence-electron chi connectivity index (χ1n) is 11.7. The number of hydrogen-bond donors (Lipinski definition) is 5. The predicted octanol–water partition coefficient (Wildman–Crippen LogP) is 2.38. The van der Waals surface area contributed by atoms with Crippen LogP contribution in [0.3, 0.4) is 0 Å². The minimum absolute atomic E-state index is 0.0330. The Morgan fingerprint density at radius 1 is 1.15 bits per heavy atom. The minimum atomic E-state index is -0.624. The van der Waals surface area contributed by atoms with Crippen LogP contribution in [0.15, 0.2) is 30.7 Å². The highest BCUT2D eigenvalue weighted by Gasteiger charge is 2.29. The van der Waals surface area contributed by atoms with Crippen molar-refractivity contribution in [2.24, 2.45) is 11.7 Å². The van der Waals surface area contributed by atoms with Crippen molar-refractivity contribution in [1.82, 2.24) is 19.6 Å². The van der Waals surface area contributed by atoms with Gasteiger partial charge in [-0.05, 0) is 50.5 Å². The van der Waals surface area contributed by atoms with Crippen LogP contribution in [0.25, 0.3) is 5.65 Å². The third kappa shape index (κ3) is 4.66. The Kier molecular flexibility index (Phi) is 6.29. The molecular formula is C23H29FN8O2. The molecule has 3 aromatic rings. The number of aliphatic hydroxyl groups is 1. The van der Waals surface area contributed by atoms with Gasteiger partial charge in [0.05, 0.1) is 23.8 Å². The molecule has 3 aromatic heterocycles. The molecule has 0 unspecified atom stereocenters. The van der Waals surface area contributed by atoms with E-state index in [1.165, 1.54) is 23.0 Å². The summed E-state index contributed by atoms with van der Waals surface area (Å²) in [5, 5.41) is 23.5. The molecule has 0 aromatic carbocycles. The molecule has 0 spiro atoms. The zero-order valence-electron chi connectivity index (χ0n) is 18.7. The molecule has 0 bridgehead atoms. The van der Waals surface area contributed by atoms with Gasteiger partial charge in [0.2, 0.25) is 0 Å². The summed E-state index contributed by atoms with van der Waals surface area (Å²) in [4.78, 5) is 21.1. The average molecular weight is 469 g/mol. The third-order valence-electron chi connectivity index (χ3n) is 6.70.